The zero-order valence-electron chi connectivity index (χ0n) is 10.4. The van der Waals surface area contributed by atoms with Gasteiger partial charge in [-0.3, -0.25) is 0 Å². The van der Waals surface area contributed by atoms with Crippen LogP contribution in [-0.4, -0.2) is 25.0 Å². The molecule has 1 heteroatoms. The fraction of sp³-hybridized carbons (Fsp3) is 0.846. The fourth-order valence-electron chi connectivity index (χ4n) is 2.36. The lowest BCUT2D eigenvalue weighted by molar-refractivity contribution is 0.192. The van der Waals surface area contributed by atoms with Gasteiger partial charge in [-0.05, 0) is 44.7 Å². The minimum absolute atomic E-state index is 0.491. The lowest BCUT2D eigenvalue weighted by atomic mass is 9.78. The molecule has 0 unspecified atom stereocenters. The second-order valence-electron chi connectivity index (χ2n) is 5.73. The van der Waals surface area contributed by atoms with E-state index in [2.05, 4.69) is 51.9 Å². The average Bonchev–Trinajstić information content (AvgIpc) is 2.00. The first-order valence-corrected chi connectivity index (χ1v) is 5.75. The molecule has 1 rings (SSSR count). The van der Waals surface area contributed by atoms with Crippen LogP contribution in [0, 0.1) is 11.3 Å². The highest BCUT2D eigenvalue weighted by atomic mass is 15.1. The van der Waals surface area contributed by atoms with E-state index in [1.807, 2.05) is 0 Å². The lowest BCUT2D eigenvalue weighted by Gasteiger charge is -2.34. The molecule has 14 heavy (non-hydrogen) atoms. The molecule has 0 saturated carbocycles. The summed E-state index contributed by atoms with van der Waals surface area (Å²) < 4.78 is 0. The number of nitrogens with zero attached hydrogens (tertiary/aromatic N) is 1. The number of allylic oxidation sites excluding steroid dienone is 1. The Morgan fingerprint density at radius 1 is 1.29 bits per heavy atom. The summed E-state index contributed by atoms with van der Waals surface area (Å²) in [5.74, 6) is 0.695. The van der Waals surface area contributed by atoms with Gasteiger partial charge in [0, 0.05) is 6.04 Å². The van der Waals surface area contributed by atoms with Crippen LogP contribution in [0.25, 0.3) is 0 Å². The normalized spacial score (nSPS) is 35.0. The molecular weight excluding hydrogens is 170 g/mol. The van der Waals surface area contributed by atoms with Crippen molar-refractivity contribution in [3.8, 4) is 0 Å². The van der Waals surface area contributed by atoms with Crippen LogP contribution in [0.1, 0.15) is 40.0 Å². The first kappa shape index (κ1) is 11.8. The van der Waals surface area contributed by atoms with E-state index in [4.69, 9.17) is 0 Å². The van der Waals surface area contributed by atoms with Gasteiger partial charge in [-0.2, -0.15) is 0 Å². The lowest BCUT2D eigenvalue weighted by Crippen LogP contribution is -2.35. The standard InChI is InChI=1S/C13H25N/c1-11-7-6-9-13(2,3)10-8-12(11)14(4)5/h6-7,11-12H,8-10H2,1-5H3/b7-6-/t11-,12+/m1/s1. The van der Waals surface area contributed by atoms with Crippen molar-refractivity contribution in [3.63, 3.8) is 0 Å². The van der Waals surface area contributed by atoms with E-state index in [0.717, 1.165) is 0 Å². The highest BCUT2D eigenvalue weighted by molar-refractivity contribution is 4.97. The van der Waals surface area contributed by atoms with Crippen molar-refractivity contribution in [2.75, 3.05) is 14.1 Å². The molecule has 0 amide bonds. The average molecular weight is 195 g/mol. The first-order chi connectivity index (χ1) is 6.42. The molecule has 0 radical (unpaired) electrons. The van der Waals surface area contributed by atoms with Crippen LogP contribution in [-0.2, 0) is 0 Å². The Bertz CT molecular complexity index is 203. The smallest absolute Gasteiger partial charge is 0.0149 e. The molecule has 0 aromatic carbocycles. The van der Waals surface area contributed by atoms with Crippen molar-refractivity contribution >= 4 is 0 Å². The van der Waals surface area contributed by atoms with Crippen molar-refractivity contribution in [1.82, 2.24) is 4.90 Å². The van der Waals surface area contributed by atoms with Crippen LogP contribution in [0.2, 0.25) is 0 Å². The predicted molar refractivity (Wildman–Crippen MR) is 63.4 cm³/mol. The second-order valence-corrected chi connectivity index (χ2v) is 5.73. The van der Waals surface area contributed by atoms with Gasteiger partial charge in [0.25, 0.3) is 0 Å². The van der Waals surface area contributed by atoms with Crippen LogP contribution in [0.4, 0.5) is 0 Å². The van der Waals surface area contributed by atoms with Crippen molar-refractivity contribution in [2.24, 2.45) is 11.3 Å². The molecular formula is C13H25N. The summed E-state index contributed by atoms with van der Waals surface area (Å²) in [6, 6.07) is 0.714. The third-order valence-corrected chi connectivity index (χ3v) is 3.50. The van der Waals surface area contributed by atoms with Crippen molar-refractivity contribution in [2.45, 2.75) is 46.1 Å². The van der Waals surface area contributed by atoms with Gasteiger partial charge < -0.3 is 4.90 Å². The maximum Gasteiger partial charge on any atom is 0.0149 e. The Labute approximate surface area is 89.2 Å². The molecule has 0 spiro atoms. The van der Waals surface area contributed by atoms with Crippen LogP contribution in [0.5, 0.6) is 0 Å². The minimum Gasteiger partial charge on any atom is -0.306 e. The monoisotopic (exact) mass is 195 g/mol. The molecule has 0 bridgehead atoms. The largest absolute Gasteiger partial charge is 0.306 e. The Morgan fingerprint density at radius 3 is 2.50 bits per heavy atom. The van der Waals surface area contributed by atoms with Gasteiger partial charge in [-0.25, -0.2) is 0 Å². The van der Waals surface area contributed by atoms with Gasteiger partial charge in [-0.1, -0.05) is 32.9 Å². The van der Waals surface area contributed by atoms with E-state index >= 15 is 0 Å². The van der Waals surface area contributed by atoms with E-state index < -0.39 is 0 Å². The highest BCUT2D eigenvalue weighted by Gasteiger charge is 2.24. The van der Waals surface area contributed by atoms with E-state index in [1.54, 1.807) is 0 Å². The van der Waals surface area contributed by atoms with E-state index in [1.165, 1.54) is 19.3 Å². The molecule has 0 N–H and O–H groups in total. The number of rotatable bonds is 1. The summed E-state index contributed by atoms with van der Waals surface area (Å²) in [6.45, 7) is 7.08. The third-order valence-electron chi connectivity index (χ3n) is 3.50. The van der Waals surface area contributed by atoms with Crippen LogP contribution in [0.15, 0.2) is 12.2 Å². The van der Waals surface area contributed by atoms with Crippen molar-refractivity contribution < 1.29 is 0 Å². The quantitative estimate of drug-likeness (QED) is 0.580. The summed E-state index contributed by atoms with van der Waals surface area (Å²) in [7, 11) is 4.40. The molecule has 1 nitrogen and oxygen atoms in total. The summed E-state index contributed by atoms with van der Waals surface area (Å²) in [6.07, 6.45) is 8.67. The summed E-state index contributed by atoms with van der Waals surface area (Å²) >= 11 is 0. The summed E-state index contributed by atoms with van der Waals surface area (Å²) in [5, 5.41) is 0. The Hall–Kier alpha value is -0.300. The molecule has 0 aromatic rings. The fourth-order valence-corrected chi connectivity index (χ4v) is 2.36. The van der Waals surface area contributed by atoms with Crippen molar-refractivity contribution in [3.05, 3.63) is 12.2 Å². The molecule has 1 aliphatic rings. The number of hydrogen-bond donors (Lipinski definition) is 0. The molecule has 0 aliphatic heterocycles. The molecule has 0 fully saturated rings. The molecule has 1 aliphatic carbocycles. The molecule has 82 valence electrons. The Kier molecular flexibility index (Phi) is 3.77. The van der Waals surface area contributed by atoms with Gasteiger partial charge in [0.1, 0.15) is 0 Å². The first-order valence-electron chi connectivity index (χ1n) is 5.75. The molecule has 0 heterocycles. The maximum atomic E-state index is 2.39. The molecule has 0 aromatic heterocycles. The second kappa shape index (κ2) is 4.48. The zero-order valence-corrected chi connectivity index (χ0v) is 10.4. The van der Waals surface area contributed by atoms with E-state index in [9.17, 15) is 0 Å². The predicted octanol–water partition coefficient (Wildman–Crippen LogP) is 3.32. The topological polar surface area (TPSA) is 3.24 Å². The van der Waals surface area contributed by atoms with E-state index in [0.29, 0.717) is 17.4 Å². The highest BCUT2D eigenvalue weighted by Crippen LogP contribution is 2.32. The third kappa shape index (κ3) is 3.13. The van der Waals surface area contributed by atoms with E-state index in [-0.39, 0.29) is 0 Å². The van der Waals surface area contributed by atoms with Crippen LogP contribution < -0.4 is 0 Å². The molecule has 2 atom stereocenters. The summed E-state index contributed by atoms with van der Waals surface area (Å²) in [4.78, 5) is 2.37. The minimum atomic E-state index is 0.491. The van der Waals surface area contributed by atoms with Gasteiger partial charge in [-0.15, -0.1) is 0 Å². The van der Waals surface area contributed by atoms with Gasteiger partial charge in [0.15, 0.2) is 0 Å². The van der Waals surface area contributed by atoms with Gasteiger partial charge >= 0.3 is 0 Å². The SMILES string of the molecule is C[C@@H]1/C=C\CC(C)(C)CC[C@@H]1N(C)C. The Balaban J connectivity index is 2.71. The Morgan fingerprint density at radius 2 is 1.93 bits per heavy atom. The van der Waals surface area contributed by atoms with Gasteiger partial charge in [0.05, 0.1) is 0 Å². The number of hydrogen-bond acceptors (Lipinski definition) is 1. The summed E-state index contributed by atoms with van der Waals surface area (Å²) in [5.41, 5.74) is 0.491. The maximum absolute atomic E-state index is 2.39. The van der Waals surface area contributed by atoms with Crippen LogP contribution >= 0.6 is 0 Å². The van der Waals surface area contributed by atoms with Crippen molar-refractivity contribution in [1.29, 1.82) is 0 Å². The zero-order chi connectivity index (χ0) is 10.8. The molecule has 0 saturated heterocycles. The van der Waals surface area contributed by atoms with Gasteiger partial charge in [0.2, 0.25) is 0 Å². The van der Waals surface area contributed by atoms with Crippen LogP contribution in [0.3, 0.4) is 0 Å².